The number of hydrogen-bond donors (Lipinski definition) is 2. The predicted octanol–water partition coefficient (Wildman–Crippen LogP) is 4.82. The van der Waals surface area contributed by atoms with Crippen molar-refractivity contribution in [2.75, 3.05) is 0 Å². The highest BCUT2D eigenvalue weighted by molar-refractivity contribution is 5.89. The molecule has 2 aromatic heterocycles. The lowest BCUT2D eigenvalue weighted by Crippen LogP contribution is -2.26. The summed E-state index contributed by atoms with van der Waals surface area (Å²) in [6, 6.07) is 15.5. The van der Waals surface area contributed by atoms with Crippen LogP contribution < -0.4 is 0 Å². The van der Waals surface area contributed by atoms with E-state index in [0.717, 1.165) is 22.3 Å². The molecule has 10 nitrogen and oxygen atoms in total. The van der Waals surface area contributed by atoms with E-state index >= 15 is 0 Å². The smallest absolute Gasteiger partial charge is 0.359 e. The van der Waals surface area contributed by atoms with E-state index in [0.29, 0.717) is 17.3 Å². The molecule has 0 unspecified atom stereocenters. The molecule has 0 aliphatic rings. The van der Waals surface area contributed by atoms with Crippen molar-refractivity contribution in [2.45, 2.75) is 72.5 Å². The number of rotatable bonds is 10. The number of tetrazole rings is 1. The molecule has 2 heterocycles. The Morgan fingerprint density at radius 3 is 2.29 bits per heavy atom. The van der Waals surface area contributed by atoms with E-state index in [9.17, 15) is 9.90 Å². The molecular weight excluding hydrogens is 484 g/mol. The van der Waals surface area contributed by atoms with Crippen molar-refractivity contribution in [3.05, 3.63) is 71.3 Å². The van der Waals surface area contributed by atoms with Crippen LogP contribution in [0.25, 0.3) is 22.5 Å². The maximum atomic E-state index is 13.2. The summed E-state index contributed by atoms with van der Waals surface area (Å²) in [6.07, 6.45) is -0.00403. The number of benzene rings is 2. The van der Waals surface area contributed by atoms with Gasteiger partial charge in [0.05, 0.1) is 11.8 Å². The molecule has 0 saturated heterocycles. The van der Waals surface area contributed by atoms with Gasteiger partial charge in [-0.05, 0) is 68.7 Å². The summed E-state index contributed by atoms with van der Waals surface area (Å²) in [5.74, 6) is 0.558. The van der Waals surface area contributed by atoms with E-state index in [1.165, 1.54) is 0 Å². The Kier molecular flexibility index (Phi) is 8.03. The van der Waals surface area contributed by atoms with Crippen molar-refractivity contribution < 1.29 is 19.4 Å². The molecule has 2 N–H and O–H groups in total. The molecule has 0 bridgehead atoms. The third-order valence-electron chi connectivity index (χ3n) is 5.98. The van der Waals surface area contributed by atoms with E-state index in [2.05, 4.69) is 25.6 Å². The summed E-state index contributed by atoms with van der Waals surface area (Å²) in [5.41, 5.74) is 2.84. The van der Waals surface area contributed by atoms with Gasteiger partial charge in [0.1, 0.15) is 24.6 Å². The zero-order valence-electron chi connectivity index (χ0n) is 22.6. The first-order valence-electron chi connectivity index (χ1n) is 12.6. The van der Waals surface area contributed by atoms with E-state index < -0.39 is 11.6 Å². The standard InChI is InChI=1S/C28H34N6O4/c1-17(2)34-23(16-37-18(3)4)29-24(25(34)28(5,6)36)27(35)38-15-19-11-13-20(14-12-19)21-9-7-8-10-22(21)26-30-32-33-31-26/h7-14,17-18,36H,15-16H2,1-6H3,(H,30,31,32,33). The van der Waals surface area contributed by atoms with Gasteiger partial charge in [-0.25, -0.2) is 14.9 Å². The van der Waals surface area contributed by atoms with Gasteiger partial charge in [0.25, 0.3) is 0 Å². The Labute approximate surface area is 222 Å². The van der Waals surface area contributed by atoms with Crippen LogP contribution in [0, 0.1) is 0 Å². The first-order valence-corrected chi connectivity index (χ1v) is 12.6. The fraction of sp³-hybridized carbons (Fsp3) is 0.393. The molecule has 0 aliphatic carbocycles. The zero-order valence-corrected chi connectivity index (χ0v) is 22.6. The number of aliphatic hydroxyl groups is 1. The lowest BCUT2D eigenvalue weighted by molar-refractivity contribution is 0.0417. The molecule has 4 rings (SSSR count). The van der Waals surface area contributed by atoms with Crippen LogP contribution in [-0.4, -0.2) is 47.4 Å². The number of ether oxygens (including phenoxy) is 2. The molecule has 0 saturated carbocycles. The lowest BCUT2D eigenvalue weighted by atomic mass is 9.98. The van der Waals surface area contributed by atoms with Crippen LogP contribution in [0.4, 0.5) is 0 Å². The average Bonchev–Trinajstić information content (AvgIpc) is 3.55. The summed E-state index contributed by atoms with van der Waals surface area (Å²) >= 11 is 0. The van der Waals surface area contributed by atoms with Gasteiger partial charge in [-0.15, -0.1) is 5.10 Å². The monoisotopic (exact) mass is 518 g/mol. The molecule has 0 amide bonds. The number of aromatic amines is 1. The second-order valence-corrected chi connectivity index (χ2v) is 10.2. The van der Waals surface area contributed by atoms with E-state index in [1.54, 1.807) is 13.8 Å². The molecule has 0 aliphatic heterocycles. The van der Waals surface area contributed by atoms with Gasteiger partial charge in [-0.2, -0.15) is 0 Å². The van der Waals surface area contributed by atoms with Gasteiger partial charge in [0.2, 0.25) is 0 Å². The number of carbonyl (C=O) groups is 1. The van der Waals surface area contributed by atoms with Gasteiger partial charge in [0.15, 0.2) is 11.5 Å². The first-order chi connectivity index (χ1) is 18.1. The summed E-state index contributed by atoms with van der Waals surface area (Å²) in [7, 11) is 0. The fourth-order valence-electron chi connectivity index (χ4n) is 4.32. The van der Waals surface area contributed by atoms with Gasteiger partial charge in [0, 0.05) is 11.6 Å². The Bertz CT molecular complexity index is 1370. The predicted molar refractivity (Wildman–Crippen MR) is 142 cm³/mol. The van der Waals surface area contributed by atoms with Gasteiger partial charge in [-0.1, -0.05) is 48.5 Å². The number of H-pyrrole nitrogens is 1. The zero-order chi connectivity index (χ0) is 27.4. The Balaban J connectivity index is 1.54. The summed E-state index contributed by atoms with van der Waals surface area (Å²) in [4.78, 5) is 17.8. The number of aromatic nitrogens is 6. The molecule has 2 aromatic carbocycles. The molecule has 0 radical (unpaired) electrons. The minimum absolute atomic E-state index is 0.00403. The topological polar surface area (TPSA) is 128 Å². The van der Waals surface area contributed by atoms with Crippen LogP contribution >= 0.6 is 0 Å². The number of esters is 1. The number of imidazole rings is 1. The van der Waals surface area contributed by atoms with Crippen LogP contribution in [0.3, 0.4) is 0 Å². The first kappa shape index (κ1) is 27.2. The summed E-state index contributed by atoms with van der Waals surface area (Å²) in [5, 5.41) is 25.1. The Morgan fingerprint density at radius 1 is 1.03 bits per heavy atom. The van der Waals surface area contributed by atoms with E-state index in [-0.39, 0.29) is 31.1 Å². The van der Waals surface area contributed by atoms with Gasteiger partial charge in [-0.3, -0.25) is 0 Å². The molecule has 0 atom stereocenters. The Morgan fingerprint density at radius 2 is 1.71 bits per heavy atom. The van der Waals surface area contributed by atoms with Crippen LogP contribution in [0.1, 0.15) is 75.2 Å². The van der Waals surface area contributed by atoms with Crippen molar-refractivity contribution >= 4 is 5.97 Å². The maximum Gasteiger partial charge on any atom is 0.359 e. The Hall–Kier alpha value is -3.89. The van der Waals surface area contributed by atoms with Crippen LogP contribution in [0.5, 0.6) is 0 Å². The van der Waals surface area contributed by atoms with Crippen molar-refractivity contribution in [2.24, 2.45) is 0 Å². The summed E-state index contributed by atoms with van der Waals surface area (Å²) < 4.78 is 13.3. The van der Waals surface area contributed by atoms with E-state index in [1.807, 2.05) is 80.8 Å². The lowest BCUT2D eigenvalue weighted by Gasteiger charge is -2.24. The second kappa shape index (κ2) is 11.2. The van der Waals surface area contributed by atoms with Crippen molar-refractivity contribution in [3.63, 3.8) is 0 Å². The average molecular weight is 519 g/mol. The van der Waals surface area contributed by atoms with Gasteiger partial charge >= 0.3 is 5.97 Å². The van der Waals surface area contributed by atoms with Crippen molar-refractivity contribution in [1.29, 1.82) is 0 Å². The van der Waals surface area contributed by atoms with Crippen LogP contribution in [0.2, 0.25) is 0 Å². The largest absolute Gasteiger partial charge is 0.456 e. The van der Waals surface area contributed by atoms with Crippen molar-refractivity contribution in [1.82, 2.24) is 30.2 Å². The number of nitrogens with zero attached hydrogens (tertiary/aromatic N) is 5. The molecule has 0 spiro atoms. The normalized spacial score (nSPS) is 11.9. The quantitative estimate of drug-likeness (QED) is 0.286. The third kappa shape index (κ3) is 5.98. The van der Waals surface area contributed by atoms with Gasteiger partial charge < -0.3 is 19.1 Å². The molecule has 0 fully saturated rings. The minimum Gasteiger partial charge on any atom is -0.456 e. The van der Waals surface area contributed by atoms with Crippen molar-refractivity contribution in [3.8, 4) is 22.5 Å². The number of hydrogen-bond acceptors (Lipinski definition) is 8. The molecule has 200 valence electrons. The van der Waals surface area contributed by atoms with Crippen LogP contribution in [-0.2, 0) is 28.3 Å². The number of carbonyl (C=O) groups excluding carboxylic acids is 1. The molecular formula is C28H34N6O4. The van der Waals surface area contributed by atoms with Crippen LogP contribution in [0.15, 0.2) is 48.5 Å². The maximum absolute atomic E-state index is 13.2. The SMILES string of the molecule is CC(C)OCc1nc(C(=O)OCc2ccc(-c3ccccc3-c3nnn[nH]3)cc2)c(C(C)(C)O)n1C(C)C. The fourth-order valence-corrected chi connectivity index (χ4v) is 4.32. The molecule has 38 heavy (non-hydrogen) atoms. The number of nitrogens with one attached hydrogen (secondary N) is 1. The minimum atomic E-state index is -1.31. The van der Waals surface area contributed by atoms with E-state index in [4.69, 9.17) is 9.47 Å². The molecule has 10 heteroatoms. The highest BCUT2D eigenvalue weighted by Crippen LogP contribution is 2.31. The third-order valence-corrected chi connectivity index (χ3v) is 5.98. The highest BCUT2D eigenvalue weighted by atomic mass is 16.5. The molecule has 4 aromatic rings. The summed E-state index contributed by atoms with van der Waals surface area (Å²) in [6.45, 7) is 11.4. The highest BCUT2D eigenvalue weighted by Gasteiger charge is 2.33. The second-order valence-electron chi connectivity index (χ2n) is 10.2.